The number of carbonyl (C=O) groups is 1. The van der Waals surface area contributed by atoms with Crippen molar-refractivity contribution in [1.82, 2.24) is 15.1 Å². The van der Waals surface area contributed by atoms with E-state index in [-0.39, 0.29) is 6.03 Å². The molecule has 0 radical (unpaired) electrons. The molecule has 5 heteroatoms. The van der Waals surface area contributed by atoms with Gasteiger partial charge in [0.2, 0.25) is 0 Å². The Bertz CT molecular complexity index is 523. The molecule has 1 N–H and O–H groups in total. The van der Waals surface area contributed by atoms with Crippen LogP contribution in [0.15, 0.2) is 30.3 Å². The molecule has 2 heterocycles. The molecule has 138 valence electrons. The molecule has 3 rings (SSSR count). The minimum atomic E-state index is 0.0817. The summed E-state index contributed by atoms with van der Waals surface area (Å²) in [6.07, 6.45) is 2.21. The number of rotatable bonds is 6. The lowest BCUT2D eigenvalue weighted by molar-refractivity contribution is 0.119. The fourth-order valence-electron chi connectivity index (χ4n) is 3.77. The highest BCUT2D eigenvalue weighted by Crippen LogP contribution is 2.18. The zero-order valence-corrected chi connectivity index (χ0v) is 15.3. The summed E-state index contributed by atoms with van der Waals surface area (Å²) in [5, 5.41) is 3.14. The fraction of sp³-hybridized carbons (Fsp3) is 0.650. The van der Waals surface area contributed by atoms with Gasteiger partial charge in [-0.05, 0) is 24.3 Å². The van der Waals surface area contributed by atoms with Crippen LogP contribution in [0.2, 0.25) is 0 Å². The molecule has 2 aliphatic heterocycles. The standard InChI is InChI=1S/C20H31N3O2/c1-2-18(19-6-4-3-5-7-19)14-21-20(24)23-11-9-22(10-12-23)15-17-8-13-25-16-17/h3-7,17-18H,2,8-16H2,1H3,(H,21,24). The van der Waals surface area contributed by atoms with Gasteiger partial charge < -0.3 is 15.0 Å². The highest BCUT2D eigenvalue weighted by Gasteiger charge is 2.25. The first-order valence-corrected chi connectivity index (χ1v) is 9.64. The lowest BCUT2D eigenvalue weighted by Crippen LogP contribution is -2.52. The normalized spacial score (nSPS) is 22.8. The summed E-state index contributed by atoms with van der Waals surface area (Å²) in [6, 6.07) is 10.5. The molecule has 0 aliphatic carbocycles. The Morgan fingerprint density at radius 3 is 2.64 bits per heavy atom. The number of piperazine rings is 1. The van der Waals surface area contributed by atoms with E-state index in [4.69, 9.17) is 4.74 Å². The van der Waals surface area contributed by atoms with Crippen molar-refractivity contribution >= 4 is 6.03 Å². The van der Waals surface area contributed by atoms with E-state index in [0.29, 0.717) is 18.4 Å². The van der Waals surface area contributed by atoms with Crippen molar-refractivity contribution in [1.29, 1.82) is 0 Å². The van der Waals surface area contributed by atoms with Crippen LogP contribution >= 0.6 is 0 Å². The summed E-state index contributed by atoms with van der Waals surface area (Å²) in [6.45, 7) is 9.39. The Hall–Kier alpha value is -1.59. The van der Waals surface area contributed by atoms with E-state index in [1.807, 2.05) is 11.0 Å². The number of carbonyl (C=O) groups excluding carboxylic acids is 1. The maximum Gasteiger partial charge on any atom is 0.317 e. The van der Waals surface area contributed by atoms with E-state index in [9.17, 15) is 4.79 Å². The second kappa shape index (κ2) is 9.20. The van der Waals surface area contributed by atoms with Crippen LogP contribution in [0.25, 0.3) is 0 Å². The van der Waals surface area contributed by atoms with Gasteiger partial charge in [0.05, 0.1) is 6.61 Å². The van der Waals surface area contributed by atoms with E-state index < -0.39 is 0 Å². The van der Waals surface area contributed by atoms with E-state index in [1.54, 1.807) is 0 Å². The van der Waals surface area contributed by atoms with Crippen LogP contribution < -0.4 is 5.32 Å². The molecular formula is C20H31N3O2. The second-order valence-electron chi connectivity index (χ2n) is 7.22. The first kappa shape index (κ1) is 18.2. The minimum absolute atomic E-state index is 0.0817. The smallest absolute Gasteiger partial charge is 0.317 e. The molecule has 25 heavy (non-hydrogen) atoms. The second-order valence-corrected chi connectivity index (χ2v) is 7.22. The molecule has 2 fully saturated rings. The highest BCUT2D eigenvalue weighted by molar-refractivity contribution is 5.74. The summed E-state index contributed by atoms with van der Waals surface area (Å²) in [5.41, 5.74) is 1.30. The van der Waals surface area contributed by atoms with Gasteiger partial charge in [0.25, 0.3) is 0 Å². The van der Waals surface area contributed by atoms with Crippen molar-refractivity contribution in [3.63, 3.8) is 0 Å². The lowest BCUT2D eigenvalue weighted by atomic mass is 9.97. The number of nitrogens with one attached hydrogen (secondary N) is 1. The molecule has 2 unspecified atom stereocenters. The molecular weight excluding hydrogens is 314 g/mol. The predicted molar refractivity (Wildman–Crippen MR) is 99.8 cm³/mol. The summed E-state index contributed by atoms with van der Waals surface area (Å²) < 4.78 is 5.46. The maximum atomic E-state index is 12.5. The van der Waals surface area contributed by atoms with Crippen LogP contribution in [-0.2, 0) is 4.74 Å². The van der Waals surface area contributed by atoms with Gasteiger partial charge in [0.1, 0.15) is 0 Å². The molecule has 1 aromatic rings. The average molecular weight is 345 g/mol. The zero-order valence-electron chi connectivity index (χ0n) is 15.3. The minimum Gasteiger partial charge on any atom is -0.381 e. The predicted octanol–water partition coefficient (Wildman–Crippen LogP) is 2.54. The quantitative estimate of drug-likeness (QED) is 0.862. The monoisotopic (exact) mass is 345 g/mol. The van der Waals surface area contributed by atoms with Gasteiger partial charge in [0.15, 0.2) is 0 Å². The van der Waals surface area contributed by atoms with Crippen molar-refractivity contribution in [2.24, 2.45) is 5.92 Å². The van der Waals surface area contributed by atoms with Crippen molar-refractivity contribution in [2.75, 3.05) is 52.5 Å². The van der Waals surface area contributed by atoms with Gasteiger partial charge in [-0.2, -0.15) is 0 Å². The molecule has 2 atom stereocenters. The Morgan fingerprint density at radius 1 is 1.24 bits per heavy atom. The zero-order chi connectivity index (χ0) is 17.5. The van der Waals surface area contributed by atoms with Crippen molar-refractivity contribution in [2.45, 2.75) is 25.7 Å². The molecule has 1 aromatic carbocycles. The first-order valence-electron chi connectivity index (χ1n) is 9.64. The summed E-state index contributed by atoms with van der Waals surface area (Å²) in [4.78, 5) is 16.9. The number of nitrogens with zero attached hydrogens (tertiary/aromatic N) is 2. The molecule has 5 nitrogen and oxygen atoms in total. The van der Waals surface area contributed by atoms with Crippen LogP contribution in [-0.4, -0.2) is 68.3 Å². The number of urea groups is 1. The van der Waals surface area contributed by atoms with Crippen LogP contribution in [0.1, 0.15) is 31.2 Å². The summed E-state index contributed by atoms with van der Waals surface area (Å²) in [7, 11) is 0. The summed E-state index contributed by atoms with van der Waals surface area (Å²) in [5.74, 6) is 1.06. The van der Waals surface area contributed by atoms with E-state index in [0.717, 1.165) is 52.4 Å². The van der Waals surface area contributed by atoms with Crippen molar-refractivity contribution < 1.29 is 9.53 Å². The SMILES string of the molecule is CCC(CNC(=O)N1CCN(CC2CCOC2)CC1)c1ccccc1. The third-order valence-electron chi connectivity index (χ3n) is 5.46. The van der Waals surface area contributed by atoms with Crippen LogP contribution in [0.3, 0.4) is 0 Å². The van der Waals surface area contributed by atoms with Gasteiger partial charge in [-0.25, -0.2) is 4.79 Å². The Morgan fingerprint density at radius 2 is 2.00 bits per heavy atom. The Balaban J connectivity index is 1.40. The third kappa shape index (κ3) is 5.19. The van der Waals surface area contributed by atoms with Gasteiger partial charge >= 0.3 is 6.03 Å². The van der Waals surface area contributed by atoms with Crippen LogP contribution in [0, 0.1) is 5.92 Å². The van der Waals surface area contributed by atoms with Gasteiger partial charge in [-0.15, -0.1) is 0 Å². The lowest BCUT2D eigenvalue weighted by Gasteiger charge is -2.36. The van der Waals surface area contributed by atoms with Crippen molar-refractivity contribution in [3.8, 4) is 0 Å². The average Bonchev–Trinajstić information content (AvgIpc) is 3.16. The molecule has 0 saturated carbocycles. The number of hydrogen-bond acceptors (Lipinski definition) is 3. The molecule has 0 aromatic heterocycles. The fourth-order valence-corrected chi connectivity index (χ4v) is 3.77. The largest absolute Gasteiger partial charge is 0.381 e. The van der Waals surface area contributed by atoms with Crippen LogP contribution in [0.5, 0.6) is 0 Å². The maximum absolute atomic E-state index is 12.5. The number of amides is 2. The van der Waals surface area contributed by atoms with E-state index >= 15 is 0 Å². The first-order chi connectivity index (χ1) is 12.3. The topological polar surface area (TPSA) is 44.8 Å². The van der Waals surface area contributed by atoms with E-state index in [1.165, 1.54) is 12.0 Å². The summed E-state index contributed by atoms with van der Waals surface area (Å²) >= 11 is 0. The molecule has 2 saturated heterocycles. The molecule has 0 spiro atoms. The van der Waals surface area contributed by atoms with Crippen LogP contribution in [0.4, 0.5) is 4.79 Å². The highest BCUT2D eigenvalue weighted by atomic mass is 16.5. The van der Waals surface area contributed by atoms with Gasteiger partial charge in [-0.3, -0.25) is 4.90 Å². The number of hydrogen-bond donors (Lipinski definition) is 1. The molecule has 2 aliphatic rings. The molecule has 0 bridgehead atoms. The third-order valence-corrected chi connectivity index (χ3v) is 5.46. The molecule has 2 amide bonds. The number of benzene rings is 1. The Kier molecular flexibility index (Phi) is 6.70. The number of ether oxygens (including phenoxy) is 1. The van der Waals surface area contributed by atoms with Gasteiger partial charge in [-0.1, -0.05) is 37.3 Å². The van der Waals surface area contributed by atoms with Crippen molar-refractivity contribution in [3.05, 3.63) is 35.9 Å². The van der Waals surface area contributed by atoms with Gasteiger partial charge in [0, 0.05) is 51.8 Å². The van der Waals surface area contributed by atoms with E-state index in [2.05, 4.69) is 41.4 Å². The Labute approximate surface area is 151 Å².